The lowest BCUT2D eigenvalue weighted by Gasteiger charge is -2.31. The van der Waals surface area contributed by atoms with E-state index >= 15 is 0 Å². The van der Waals surface area contributed by atoms with Crippen molar-refractivity contribution < 1.29 is 14.6 Å². The van der Waals surface area contributed by atoms with Crippen LogP contribution in [0.5, 0.6) is 0 Å². The Labute approximate surface area is 152 Å². The first-order chi connectivity index (χ1) is 12.1. The van der Waals surface area contributed by atoms with Gasteiger partial charge in [0.1, 0.15) is 32.7 Å². The van der Waals surface area contributed by atoms with E-state index in [9.17, 15) is 4.79 Å². The molecule has 1 heterocycles. The molecule has 4 heteroatoms. The molecule has 0 unspecified atom stereocenters. The Morgan fingerprint density at radius 1 is 1.08 bits per heavy atom. The Morgan fingerprint density at radius 3 is 2.44 bits per heavy atom. The van der Waals surface area contributed by atoms with Crippen molar-refractivity contribution in [1.82, 2.24) is 5.32 Å². The number of carbonyl (C=O) groups excluding carboxylic acids is 1. The van der Waals surface area contributed by atoms with E-state index in [2.05, 4.69) is 43.4 Å². The van der Waals surface area contributed by atoms with Crippen molar-refractivity contribution in [2.24, 2.45) is 5.92 Å². The highest BCUT2D eigenvalue weighted by Crippen LogP contribution is 2.23. The van der Waals surface area contributed by atoms with Gasteiger partial charge in [-0.05, 0) is 38.5 Å². The molecule has 3 N–H and O–H groups in total. The zero-order valence-corrected chi connectivity index (χ0v) is 15.9. The van der Waals surface area contributed by atoms with Gasteiger partial charge in [0, 0.05) is 11.6 Å². The van der Waals surface area contributed by atoms with Crippen LogP contribution in [-0.2, 0) is 11.3 Å². The molecule has 2 fully saturated rings. The van der Waals surface area contributed by atoms with Gasteiger partial charge in [-0.15, -0.1) is 0 Å². The van der Waals surface area contributed by atoms with Crippen LogP contribution in [0, 0.1) is 12.8 Å². The fourth-order valence-electron chi connectivity index (χ4n) is 4.33. The first kappa shape index (κ1) is 18.4. The average Bonchev–Trinajstić information content (AvgIpc) is 2.59. The molecule has 1 saturated heterocycles. The largest absolute Gasteiger partial charge is 0.348 e. The normalized spacial score (nSPS) is 30.0. The molecule has 0 aromatic heterocycles. The summed E-state index contributed by atoms with van der Waals surface area (Å²) in [4.78, 5) is 15.4. The summed E-state index contributed by atoms with van der Waals surface area (Å²) in [6.45, 7) is 10.8. The predicted molar refractivity (Wildman–Crippen MR) is 101 cm³/mol. The number of benzene rings is 1. The fourth-order valence-corrected chi connectivity index (χ4v) is 4.33. The van der Waals surface area contributed by atoms with Gasteiger partial charge in [-0.2, -0.15) is 0 Å². The van der Waals surface area contributed by atoms with E-state index in [1.165, 1.54) is 28.9 Å². The molecule has 4 nitrogen and oxygen atoms in total. The first-order valence-corrected chi connectivity index (χ1v) is 10.1. The number of hydrogen-bond acceptors (Lipinski definition) is 1. The number of piperazine rings is 1. The lowest BCUT2D eigenvalue weighted by atomic mass is 9.87. The standard InChI is InChI=1S/C21H33N3O/c1-17-6-8-20(9-7-17)22-21(25)16-24-12-10-23(11-13-24)15-19-5-3-4-18(2)14-19/h3-5,14,17,20H,6-13,15-16H2,1-2H3,(H,22,25)/p+2. The van der Waals surface area contributed by atoms with E-state index in [1.807, 2.05) is 0 Å². The minimum Gasteiger partial charge on any atom is -0.348 e. The van der Waals surface area contributed by atoms with Gasteiger partial charge < -0.3 is 15.1 Å². The predicted octanol–water partition coefficient (Wildman–Crippen LogP) is -0.0267. The summed E-state index contributed by atoms with van der Waals surface area (Å²) in [5.41, 5.74) is 2.78. The lowest BCUT2D eigenvalue weighted by Crippen LogP contribution is -3.28. The molecule has 2 aliphatic rings. The van der Waals surface area contributed by atoms with Gasteiger partial charge in [0.25, 0.3) is 5.91 Å². The first-order valence-electron chi connectivity index (χ1n) is 10.1. The number of carbonyl (C=O) groups is 1. The third-order valence-electron chi connectivity index (χ3n) is 5.99. The molecule has 1 aromatic rings. The van der Waals surface area contributed by atoms with Gasteiger partial charge in [-0.25, -0.2) is 0 Å². The minimum atomic E-state index is 0.261. The van der Waals surface area contributed by atoms with E-state index in [1.54, 1.807) is 4.90 Å². The van der Waals surface area contributed by atoms with Crippen LogP contribution in [0.1, 0.15) is 43.7 Å². The number of hydrogen-bond donors (Lipinski definition) is 3. The Kier molecular flexibility index (Phi) is 6.49. The smallest absolute Gasteiger partial charge is 0.275 e. The second-order valence-electron chi connectivity index (χ2n) is 8.37. The molecule has 0 radical (unpaired) electrons. The molecule has 0 spiro atoms. The second-order valence-corrected chi connectivity index (χ2v) is 8.37. The highest BCUT2D eigenvalue weighted by Gasteiger charge is 2.26. The third kappa shape index (κ3) is 5.82. The van der Waals surface area contributed by atoms with Crippen LogP contribution in [0.3, 0.4) is 0 Å². The molecule has 1 amide bonds. The highest BCUT2D eigenvalue weighted by atomic mass is 16.2. The van der Waals surface area contributed by atoms with E-state index in [0.717, 1.165) is 51.5 Å². The van der Waals surface area contributed by atoms with Crippen LogP contribution in [-0.4, -0.2) is 44.7 Å². The van der Waals surface area contributed by atoms with Crippen molar-refractivity contribution >= 4 is 5.91 Å². The summed E-state index contributed by atoms with van der Waals surface area (Å²) in [5.74, 6) is 1.10. The van der Waals surface area contributed by atoms with Gasteiger partial charge in [-0.1, -0.05) is 36.8 Å². The molecule has 1 aromatic carbocycles. The molecule has 3 rings (SSSR count). The zero-order valence-electron chi connectivity index (χ0n) is 15.9. The zero-order chi connectivity index (χ0) is 17.6. The van der Waals surface area contributed by atoms with Crippen molar-refractivity contribution in [2.45, 2.75) is 52.1 Å². The van der Waals surface area contributed by atoms with Crippen molar-refractivity contribution in [1.29, 1.82) is 0 Å². The van der Waals surface area contributed by atoms with Gasteiger partial charge in [-0.3, -0.25) is 4.79 Å². The Bertz CT molecular complexity index is 558. The van der Waals surface area contributed by atoms with E-state index in [-0.39, 0.29) is 5.91 Å². The molecule has 1 saturated carbocycles. The summed E-state index contributed by atoms with van der Waals surface area (Å²) in [7, 11) is 0. The molecule has 1 aliphatic heterocycles. The molecule has 1 aliphatic carbocycles. The SMILES string of the molecule is Cc1cccc(C[NH+]2CC[NH+](CC(=O)NC3CCC(C)CC3)CC2)c1. The number of quaternary nitrogens is 2. The quantitative estimate of drug-likeness (QED) is 0.689. The number of rotatable bonds is 5. The van der Waals surface area contributed by atoms with Gasteiger partial charge in [0.15, 0.2) is 6.54 Å². The number of nitrogens with one attached hydrogen (secondary N) is 3. The van der Waals surface area contributed by atoms with E-state index in [4.69, 9.17) is 0 Å². The van der Waals surface area contributed by atoms with Crippen molar-refractivity contribution in [3.05, 3.63) is 35.4 Å². The molecular formula is C21H35N3O+2. The number of amides is 1. The molecule has 138 valence electrons. The van der Waals surface area contributed by atoms with Gasteiger partial charge >= 0.3 is 0 Å². The van der Waals surface area contributed by atoms with Crippen LogP contribution >= 0.6 is 0 Å². The maximum atomic E-state index is 12.3. The van der Waals surface area contributed by atoms with Gasteiger partial charge in [0.05, 0.1) is 0 Å². The molecule has 0 bridgehead atoms. The Balaban J connectivity index is 1.36. The average molecular weight is 346 g/mol. The Morgan fingerprint density at radius 2 is 1.76 bits per heavy atom. The summed E-state index contributed by atoms with van der Waals surface area (Å²) >= 11 is 0. The van der Waals surface area contributed by atoms with Crippen LogP contribution in [0.15, 0.2) is 24.3 Å². The summed E-state index contributed by atoms with van der Waals surface area (Å²) in [6, 6.07) is 9.27. The monoisotopic (exact) mass is 345 g/mol. The summed E-state index contributed by atoms with van der Waals surface area (Å²) in [6.07, 6.45) is 4.85. The van der Waals surface area contributed by atoms with Crippen LogP contribution in [0.25, 0.3) is 0 Å². The summed E-state index contributed by atoms with van der Waals surface area (Å²) in [5, 5.41) is 3.28. The maximum Gasteiger partial charge on any atom is 0.275 e. The van der Waals surface area contributed by atoms with E-state index in [0.29, 0.717) is 12.6 Å². The minimum absolute atomic E-state index is 0.261. The fraction of sp³-hybridized carbons (Fsp3) is 0.667. The molecule has 0 atom stereocenters. The molecular weight excluding hydrogens is 310 g/mol. The van der Waals surface area contributed by atoms with Crippen LogP contribution < -0.4 is 15.1 Å². The van der Waals surface area contributed by atoms with Crippen LogP contribution in [0.2, 0.25) is 0 Å². The third-order valence-corrected chi connectivity index (χ3v) is 5.99. The van der Waals surface area contributed by atoms with Crippen molar-refractivity contribution in [3.8, 4) is 0 Å². The van der Waals surface area contributed by atoms with Crippen molar-refractivity contribution in [3.63, 3.8) is 0 Å². The lowest BCUT2D eigenvalue weighted by molar-refractivity contribution is -1.02. The topological polar surface area (TPSA) is 38.0 Å². The second kappa shape index (κ2) is 8.81. The highest BCUT2D eigenvalue weighted by molar-refractivity contribution is 5.77. The maximum absolute atomic E-state index is 12.3. The van der Waals surface area contributed by atoms with Gasteiger partial charge in [0.2, 0.25) is 0 Å². The van der Waals surface area contributed by atoms with Crippen LogP contribution in [0.4, 0.5) is 0 Å². The van der Waals surface area contributed by atoms with E-state index < -0.39 is 0 Å². The molecule has 25 heavy (non-hydrogen) atoms. The number of aryl methyl sites for hydroxylation is 1. The Hall–Kier alpha value is -1.39. The summed E-state index contributed by atoms with van der Waals surface area (Å²) < 4.78 is 0. The van der Waals surface area contributed by atoms with Crippen molar-refractivity contribution in [2.75, 3.05) is 32.7 Å².